The molecule has 2 N–H and O–H groups in total. The van der Waals surface area contributed by atoms with Crippen LogP contribution in [-0.2, 0) is 0 Å². The van der Waals surface area contributed by atoms with Crippen LogP contribution in [0.5, 0.6) is 11.5 Å². The standard InChI is InChI=1S/C17H22N2O2/c1-4-20-15-7-5-6-13(8-15)17(18)14-9-16(11-19-10-14)21-12(2)3/h5-12,17H,4,18H2,1-3H3. The molecular formula is C17H22N2O2. The van der Waals surface area contributed by atoms with Gasteiger partial charge in [0.15, 0.2) is 0 Å². The van der Waals surface area contributed by atoms with E-state index in [1.807, 2.05) is 51.1 Å². The molecule has 0 aliphatic carbocycles. The first-order valence-corrected chi connectivity index (χ1v) is 7.20. The molecule has 2 rings (SSSR count). The predicted octanol–water partition coefficient (Wildman–Crippen LogP) is 3.32. The summed E-state index contributed by atoms with van der Waals surface area (Å²) in [6, 6.07) is 9.50. The number of nitrogens with two attached hydrogens (primary N) is 1. The number of benzene rings is 1. The van der Waals surface area contributed by atoms with Gasteiger partial charge in [-0.3, -0.25) is 4.98 Å². The third-order valence-electron chi connectivity index (χ3n) is 2.99. The molecule has 0 radical (unpaired) electrons. The Hall–Kier alpha value is -2.07. The van der Waals surface area contributed by atoms with Gasteiger partial charge in [-0.2, -0.15) is 0 Å². The van der Waals surface area contributed by atoms with Crippen molar-refractivity contribution in [2.24, 2.45) is 5.73 Å². The largest absolute Gasteiger partial charge is 0.494 e. The van der Waals surface area contributed by atoms with Crippen LogP contribution < -0.4 is 15.2 Å². The Morgan fingerprint density at radius 2 is 1.86 bits per heavy atom. The van der Waals surface area contributed by atoms with E-state index in [-0.39, 0.29) is 12.1 Å². The second-order valence-electron chi connectivity index (χ2n) is 5.10. The highest BCUT2D eigenvalue weighted by Crippen LogP contribution is 2.25. The van der Waals surface area contributed by atoms with Crippen molar-refractivity contribution in [1.29, 1.82) is 0 Å². The van der Waals surface area contributed by atoms with Crippen LogP contribution in [0.25, 0.3) is 0 Å². The first-order valence-electron chi connectivity index (χ1n) is 7.20. The van der Waals surface area contributed by atoms with Crippen molar-refractivity contribution in [3.63, 3.8) is 0 Å². The summed E-state index contributed by atoms with van der Waals surface area (Å²) >= 11 is 0. The molecule has 2 aromatic rings. The third kappa shape index (κ3) is 4.20. The van der Waals surface area contributed by atoms with Gasteiger partial charge in [0.1, 0.15) is 11.5 Å². The van der Waals surface area contributed by atoms with E-state index in [1.165, 1.54) is 0 Å². The van der Waals surface area contributed by atoms with Crippen LogP contribution in [0.15, 0.2) is 42.7 Å². The van der Waals surface area contributed by atoms with Crippen LogP contribution in [0.4, 0.5) is 0 Å². The molecule has 0 amide bonds. The minimum Gasteiger partial charge on any atom is -0.494 e. The van der Waals surface area contributed by atoms with Crippen molar-refractivity contribution >= 4 is 0 Å². The van der Waals surface area contributed by atoms with E-state index in [9.17, 15) is 0 Å². The van der Waals surface area contributed by atoms with Crippen molar-refractivity contribution in [3.8, 4) is 11.5 Å². The van der Waals surface area contributed by atoms with Gasteiger partial charge in [-0.15, -0.1) is 0 Å². The lowest BCUT2D eigenvalue weighted by atomic mass is 10.0. The van der Waals surface area contributed by atoms with E-state index in [4.69, 9.17) is 15.2 Å². The van der Waals surface area contributed by atoms with Crippen molar-refractivity contribution < 1.29 is 9.47 Å². The highest BCUT2D eigenvalue weighted by Gasteiger charge is 2.11. The van der Waals surface area contributed by atoms with Gasteiger partial charge in [-0.05, 0) is 50.1 Å². The smallest absolute Gasteiger partial charge is 0.138 e. The number of hydrogen-bond acceptors (Lipinski definition) is 4. The summed E-state index contributed by atoms with van der Waals surface area (Å²) in [5.41, 5.74) is 8.24. The molecular weight excluding hydrogens is 264 g/mol. The molecule has 112 valence electrons. The fourth-order valence-corrected chi connectivity index (χ4v) is 2.10. The van der Waals surface area contributed by atoms with Gasteiger partial charge >= 0.3 is 0 Å². The number of aromatic nitrogens is 1. The molecule has 21 heavy (non-hydrogen) atoms. The summed E-state index contributed by atoms with van der Waals surface area (Å²) in [6.45, 7) is 6.57. The summed E-state index contributed by atoms with van der Waals surface area (Å²) in [5, 5.41) is 0. The summed E-state index contributed by atoms with van der Waals surface area (Å²) in [4.78, 5) is 4.21. The van der Waals surface area contributed by atoms with Gasteiger partial charge in [0.2, 0.25) is 0 Å². The second-order valence-corrected chi connectivity index (χ2v) is 5.10. The van der Waals surface area contributed by atoms with Crippen LogP contribution >= 0.6 is 0 Å². The maximum Gasteiger partial charge on any atom is 0.138 e. The highest BCUT2D eigenvalue weighted by molar-refractivity contribution is 5.37. The molecule has 1 aromatic carbocycles. The van der Waals surface area contributed by atoms with Crippen molar-refractivity contribution in [1.82, 2.24) is 4.98 Å². The minimum absolute atomic E-state index is 0.111. The van der Waals surface area contributed by atoms with Crippen LogP contribution in [0.2, 0.25) is 0 Å². The molecule has 4 nitrogen and oxygen atoms in total. The average Bonchev–Trinajstić information content (AvgIpc) is 2.47. The van der Waals surface area contributed by atoms with E-state index in [0.717, 1.165) is 22.6 Å². The molecule has 1 heterocycles. The monoisotopic (exact) mass is 286 g/mol. The maximum absolute atomic E-state index is 6.33. The molecule has 0 saturated carbocycles. The van der Waals surface area contributed by atoms with E-state index in [2.05, 4.69) is 4.98 Å². The first-order chi connectivity index (χ1) is 10.1. The van der Waals surface area contributed by atoms with Gasteiger partial charge in [0.25, 0.3) is 0 Å². The Kier molecular flexibility index (Phi) is 5.17. The molecule has 0 bridgehead atoms. The Bertz CT molecular complexity index is 585. The van der Waals surface area contributed by atoms with E-state index in [1.54, 1.807) is 12.4 Å². The van der Waals surface area contributed by atoms with Crippen LogP contribution in [0, 0.1) is 0 Å². The molecule has 4 heteroatoms. The Morgan fingerprint density at radius 1 is 1.10 bits per heavy atom. The van der Waals surface area contributed by atoms with Crippen LogP contribution in [-0.4, -0.2) is 17.7 Å². The SMILES string of the molecule is CCOc1cccc(C(N)c2cncc(OC(C)C)c2)c1. The number of hydrogen-bond donors (Lipinski definition) is 1. The third-order valence-corrected chi connectivity index (χ3v) is 2.99. The number of ether oxygens (including phenoxy) is 2. The maximum atomic E-state index is 6.33. The topological polar surface area (TPSA) is 57.4 Å². The average molecular weight is 286 g/mol. The Labute approximate surface area is 125 Å². The molecule has 0 aliphatic heterocycles. The summed E-state index contributed by atoms with van der Waals surface area (Å²) in [5.74, 6) is 1.56. The number of rotatable bonds is 6. The van der Waals surface area contributed by atoms with E-state index in [0.29, 0.717) is 6.61 Å². The Balaban J connectivity index is 2.22. The summed E-state index contributed by atoms with van der Waals surface area (Å²) in [6.07, 6.45) is 3.58. The first kappa shape index (κ1) is 15.3. The van der Waals surface area contributed by atoms with Gasteiger partial charge in [0.05, 0.1) is 24.9 Å². The lowest BCUT2D eigenvalue weighted by Crippen LogP contribution is -2.13. The van der Waals surface area contributed by atoms with Crippen LogP contribution in [0.3, 0.4) is 0 Å². The van der Waals surface area contributed by atoms with Gasteiger partial charge < -0.3 is 15.2 Å². The van der Waals surface area contributed by atoms with Crippen molar-refractivity contribution in [3.05, 3.63) is 53.9 Å². The summed E-state index contributed by atoms with van der Waals surface area (Å²) in [7, 11) is 0. The quantitative estimate of drug-likeness (QED) is 0.885. The zero-order chi connectivity index (χ0) is 15.2. The molecule has 1 unspecified atom stereocenters. The second kappa shape index (κ2) is 7.09. The van der Waals surface area contributed by atoms with Crippen LogP contribution in [0.1, 0.15) is 37.9 Å². The fraction of sp³-hybridized carbons (Fsp3) is 0.353. The van der Waals surface area contributed by atoms with E-state index >= 15 is 0 Å². The van der Waals surface area contributed by atoms with Gasteiger partial charge in [0, 0.05) is 6.20 Å². The Morgan fingerprint density at radius 3 is 2.57 bits per heavy atom. The predicted molar refractivity (Wildman–Crippen MR) is 83.6 cm³/mol. The number of nitrogens with zero attached hydrogens (tertiary/aromatic N) is 1. The molecule has 0 spiro atoms. The minimum atomic E-state index is -0.256. The lowest BCUT2D eigenvalue weighted by molar-refractivity contribution is 0.241. The normalized spacial score (nSPS) is 12.2. The zero-order valence-corrected chi connectivity index (χ0v) is 12.7. The highest BCUT2D eigenvalue weighted by atomic mass is 16.5. The molecule has 0 fully saturated rings. The van der Waals surface area contributed by atoms with E-state index < -0.39 is 0 Å². The van der Waals surface area contributed by atoms with Crippen molar-refractivity contribution in [2.75, 3.05) is 6.61 Å². The fourth-order valence-electron chi connectivity index (χ4n) is 2.10. The summed E-state index contributed by atoms with van der Waals surface area (Å²) < 4.78 is 11.2. The molecule has 1 aromatic heterocycles. The lowest BCUT2D eigenvalue weighted by Gasteiger charge is -2.15. The van der Waals surface area contributed by atoms with Gasteiger partial charge in [-0.1, -0.05) is 12.1 Å². The molecule has 0 aliphatic rings. The molecule has 0 saturated heterocycles. The zero-order valence-electron chi connectivity index (χ0n) is 12.7. The number of pyridine rings is 1. The van der Waals surface area contributed by atoms with Crippen molar-refractivity contribution in [2.45, 2.75) is 32.9 Å². The van der Waals surface area contributed by atoms with Gasteiger partial charge in [-0.25, -0.2) is 0 Å². The molecule has 1 atom stereocenters.